The molecular formula is C78H135NO10. The fourth-order valence-electron chi connectivity index (χ4n) is 10.9. The molecule has 0 aromatic carbocycles. The van der Waals surface area contributed by atoms with E-state index in [1.807, 2.05) is 6.08 Å². The van der Waals surface area contributed by atoms with E-state index in [0.717, 1.165) is 122 Å². The van der Waals surface area contributed by atoms with Gasteiger partial charge in [-0.3, -0.25) is 9.59 Å². The van der Waals surface area contributed by atoms with Crippen LogP contribution in [-0.4, -0.2) is 99.6 Å². The third kappa shape index (κ3) is 51.5. The molecule has 11 heteroatoms. The van der Waals surface area contributed by atoms with Gasteiger partial charge in [-0.05, 0) is 109 Å². The lowest BCUT2D eigenvalue weighted by molar-refractivity contribution is -0.305. The zero-order chi connectivity index (χ0) is 64.6. The van der Waals surface area contributed by atoms with E-state index in [-0.39, 0.29) is 19.4 Å². The number of amides is 1. The highest BCUT2D eigenvalue weighted by Gasteiger charge is 2.47. The number of ether oxygens (including phenoxy) is 3. The van der Waals surface area contributed by atoms with E-state index in [4.69, 9.17) is 14.2 Å². The molecule has 0 radical (unpaired) electrons. The Labute approximate surface area is 545 Å². The Bertz CT molecular complexity index is 1870. The quantitative estimate of drug-likeness (QED) is 0.0195. The van der Waals surface area contributed by atoms with Crippen LogP contribution in [0.5, 0.6) is 0 Å². The van der Waals surface area contributed by atoms with Crippen molar-refractivity contribution >= 4 is 11.9 Å². The maximum atomic E-state index is 13.5. The molecule has 0 aliphatic carbocycles. The van der Waals surface area contributed by atoms with Crippen molar-refractivity contribution in [3.8, 4) is 0 Å². The van der Waals surface area contributed by atoms with Gasteiger partial charge in [-0.2, -0.15) is 0 Å². The van der Waals surface area contributed by atoms with Crippen LogP contribution in [0.3, 0.4) is 0 Å². The summed E-state index contributed by atoms with van der Waals surface area (Å²) in [5.41, 5.74) is 0. The van der Waals surface area contributed by atoms with E-state index in [1.54, 1.807) is 6.08 Å². The van der Waals surface area contributed by atoms with Crippen molar-refractivity contribution in [3.05, 3.63) is 109 Å². The van der Waals surface area contributed by atoms with Gasteiger partial charge in [-0.1, -0.05) is 304 Å². The predicted molar refractivity (Wildman–Crippen MR) is 375 cm³/mol. The monoisotopic (exact) mass is 1250 g/mol. The Morgan fingerprint density at radius 2 is 0.809 bits per heavy atom. The van der Waals surface area contributed by atoms with Crippen molar-refractivity contribution in [3.63, 3.8) is 0 Å². The number of rotatable bonds is 62. The highest BCUT2D eigenvalue weighted by molar-refractivity contribution is 5.80. The first-order valence-electron chi connectivity index (χ1n) is 36.7. The topological polar surface area (TPSA) is 175 Å². The molecule has 1 saturated heterocycles. The van der Waals surface area contributed by atoms with Crippen molar-refractivity contribution in [2.45, 2.75) is 359 Å². The van der Waals surface area contributed by atoms with Crippen molar-refractivity contribution in [1.29, 1.82) is 0 Å². The van der Waals surface area contributed by atoms with Crippen LogP contribution in [-0.2, 0) is 23.8 Å². The maximum Gasteiger partial charge on any atom is 0.306 e. The van der Waals surface area contributed by atoms with Gasteiger partial charge in [0, 0.05) is 6.42 Å². The Hall–Kier alpha value is -3.68. The van der Waals surface area contributed by atoms with Gasteiger partial charge in [0.25, 0.3) is 0 Å². The number of unbranched alkanes of at least 4 members (excludes halogenated alkanes) is 32. The number of aliphatic hydroxyl groups is 5. The average Bonchev–Trinajstić information content (AvgIpc) is 3.11. The number of hydrogen-bond acceptors (Lipinski definition) is 10. The van der Waals surface area contributed by atoms with Crippen LogP contribution < -0.4 is 5.32 Å². The van der Waals surface area contributed by atoms with E-state index in [0.29, 0.717) is 12.8 Å². The molecule has 0 aromatic heterocycles. The van der Waals surface area contributed by atoms with E-state index in [9.17, 15) is 35.1 Å². The molecule has 0 saturated carbocycles. The van der Waals surface area contributed by atoms with Crippen LogP contribution in [0.2, 0.25) is 0 Å². The minimum Gasteiger partial charge on any atom is -0.454 e. The van der Waals surface area contributed by atoms with Gasteiger partial charge < -0.3 is 45.1 Å². The minimum atomic E-state index is -1.62. The maximum absolute atomic E-state index is 13.5. The molecule has 1 aliphatic heterocycles. The summed E-state index contributed by atoms with van der Waals surface area (Å²) in [5.74, 6) is -1.20. The van der Waals surface area contributed by atoms with E-state index >= 15 is 0 Å². The summed E-state index contributed by atoms with van der Waals surface area (Å²) in [6.07, 6.45) is 78.3. The van der Waals surface area contributed by atoms with Gasteiger partial charge in [-0.15, -0.1) is 0 Å². The lowest BCUT2D eigenvalue weighted by Crippen LogP contribution is -2.61. The van der Waals surface area contributed by atoms with Gasteiger partial charge in [0.2, 0.25) is 5.91 Å². The molecule has 0 spiro atoms. The van der Waals surface area contributed by atoms with Crippen molar-refractivity contribution in [2.24, 2.45) is 0 Å². The number of esters is 1. The molecule has 1 fully saturated rings. The standard InChI is InChI=1S/C78H135NO10/c1-4-7-10-13-16-19-22-25-27-29-31-33-34-35-36-37-39-40-42-44-47-50-53-56-59-62-65-71(82)77(86)79-69(70(81)64-61-58-55-52-49-46-24-21-18-15-12-9-6-3)68-87-78-76(75(85)74(84)72(67-80)88-78)89-73(83)66-63-60-57-54-51-48-45-43-41-38-32-30-28-26-23-20-17-14-11-8-5-2/h7,10,16-17,19-20,25-28,31-33,35-36,38,61,64,69-72,74-76,78,80-82,84-85H,4-6,8-9,11-15,18,21-24,29-30,34,37,39-60,62-63,65-68H2,1-3H3,(H,79,86)/b10-7-,19-16-,20-17-,27-25-,28-26-,33-31-,36-35-,38-32-,64-61+. The largest absolute Gasteiger partial charge is 0.454 e. The molecule has 0 bridgehead atoms. The van der Waals surface area contributed by atoms with Crippen molar-refractivity contribution in [1.82, 2.24) is 5.32 Å². The van der Waals surface area contributed by atoms with Crippen LogP contribution in [0, 0.1) is 0 Å². The second-order valence-corrected chi connectivity index (χ2v) is 24.9. The Morgan fingerprint density at radius 1 is 0.449 bits per heavy atom. The lowest BCUT2D eigenvalue weighted by atomic mass is 9.99. The molecule has 0 aromatic rings. The van der Waals surface area contributed by atoms with E-state index < -0.39 is 67.4 Å². The number of allylic oxidation sites excluding steroid dienone is 17. The molecule has 1 heterocycles. The third-order valence-corrected chi connectivity index (χ3v) is 16.7. The molecule has 8 atom stereocenters. The normalized spacial score (nSPS) is 18.8. The SMILES string of the molecule is CC/C=C\C/C=C\C/C=C\C/C=C\C/C=C\CCCCCCCCCCCCC(O)C(=O)NC(COC1OC(CO)C(O)C(O)C1OC(=O)CCCCCCCCCC/C=C\C/C=C\C/C=C\CCCCC)C(O)/C=C/CCCCCCCCCCCCC. The summed E-state index contributed by atoms with van der Waals surface area (Å²) in [6.45, 7) is 5.67. The summed E-state index contributed by atoms with van der Waals surface area (Å²) in [4.78, 5) is 26.7. The van der Waals surface area contributed by atoms with Crippen LogP contribution in [0.4, 0.5) is 0 Å². The van der Waals surface area contributed by atoms with Crippen LogP contribution in [0.1, 0.15) is 310 Å². The van der Waals surface area contributed by atoms with Crippen LogP contribution in [0.25, 0.3) is 0 Å². The molecule has 1 amide bonds. The molecule has 8 unspecified atom stereocenters. The van der Waals surface area contributed by atoms with Gasteiger partial charge in [-0.25, -0.2) is 0 Å². The smallest absolute Gasteiger partial charge is 0.306 e. The van der Waals surface area contributed by atoms with E-state index in [1.165, 1.54) is 141 Å². The highest BCUT2D eigenvalue weighted by atomic mass is 16.7. The highest BCUT2D eigenvalue weighted by Crippen LogP contribution is 2.26. The third-order valence-electron chi connectivity index (χ3n) is 16.7. The van der Waals surface area contributed by atoms with Gasteiger partial charge in [0.15, 0.2) is 12.4 Å². The fraction of sp³-hybridized carbons (Fsp3) is 0.744. The summed E-state index contributed by atoms with van der Waals surface area (Å²) < 4.78 is 17.7. The first-order chi connectivity index (χ1) is 43.7. The Morgan fingerprint density at radius 3 is 1.24 bits per heavy atom. The first kappa shape index (κ1) is 83.3. The average molecular weight is 1250 g/mol. The summed E-state index contributed by atoms with van der Waals surface area (Å²) in [6, 6.07) is -1.03. The lowest BCUT2D eigenvalue weighted by Gasteiger charge is -2.41. The second kappa shape index (κ2) is 64.4. The Kier molecular flexibility index (Phi) is 60.3. The summed E-state index contributed by atoms with van der Waals surface area (Å²) >= 11 is 0. The zero-order valence-electron chi connectivity index (χ0n) is 57.0. The summed E-state index contributed by atoms with van der Waals surface area (Å²) in [5, 5.41) is 57.3. The number of aliphatic hydroxyl groups excluding tert-OH is 5. The molecule has 512 valence electrons. The Balaban J connectivity index is 2.58. The van der Waals surface area contributed by atoms with Crippen molar-refractivity contribution < 1.29 is 49.3 Å². The van der Waals surface area contributed by atoms with E-state index in [2.05, 4.69) is 123 Å². The number of carbonyl (C=O) groups is 2. The number of carbonyl (C=O) groups excluding carboxylic acids is 2. The zero-order valence-corrected chi connectivity index (χ0v) is 57.0. The van der Waals surface area contributed by atoms with Gasteiger partial charge >= 0.3 is 5.97 Å². The summed E-state index contributed by atoms with van der Waals surface area (Å²) in [7, 11) is 0. The number of nitrogens with one attached hydrogen (secondary N) is 1. The second-order valence-electron chi connectivity index (χ2n) is 24.9. The molecule has 11 nitrogen and oxygen atoms in total. The van der Waals surface area contributed by atoms with Crippen LogP contribution >= 0.6 is 0 Å². The molecule has 1 aliphatic rings. The van der Waals surface area contributed by atoms with Crippen molar-refractivity contribution in [2.75, 3.05) is 13.2 Å². The molecular weight excluding hydrogens is 1110 g/mol. The predicted octanol–water partition coefficient (Wildman–Crippen LogP) is 19.2. The van der Waals surface area contributed by atoms with Gasteiger partial charge in [0.05, 0.1) is 25.4 Å². The fourth-order valence-corrected chi connectivity index (χ4v) is 10.9. The first-order valence-corrected chi connectivity index (χ1v) is 36.7. The molecule has 89 heavy (non-hydrogen) atoms. The van der Waals surface area contributed by atoms with Crippen LogP contribution in [0.15, 0.2) is 109 Å². The molecule has 6 N–H and O–H groups in total. The number of hydrogen-bond donors (Lipinski definition) is 6. The minimum absolute atomic E-state index is 0.111. The van der Waals surface area contributed by atoms with Gasteiger partial charge in [0.1, 0.15) is 24.4 Å². The molecule has 1 rings (SSSR count).